The third kappa shape index (κ3) is 6.98. The molecule has 7 heteroatoms. The molecule has 1 saturated heterocycles. The van der Waals surface area contributed by atoms with Crippen molar-refractivity contribution in [1.82, 2.24) is 14.9 Å². The number of benzene rings is 1. The lowest BCUT2D eigenvalue weighted by Crippen LogP contribution is -2.48. The smallest absolute Gasteiger partial charge is 0.315 e. The first-order valence-electron chi connectivity index (χ1n) is 10.6. The fourth-order valence-electron chi connectivity index (χ4n) is 4.29. The Hall–Kier alpha value is -1.60. The first kappa shape index (κ1) is 26.4. The van der Waals surface area contributed by atoms with Crippen molar-refractivity contribution in [2.45, 2.75) is 96.5 Å². The number of hydrogen-bond donors (Lipinski definition) is 2. The van der Waals surface area contributed by atoms with Crippen LogP contribution in [0.15, 0.2) is 29.2 Å². The molecule has 1 aliphatic heterocycles. The number of carbonyl (C=O) groups excluding carboxylic acids is 1. The number of aryl methyl sites for hydroxylation is 1. The SMILES string of the molecule is C.C.Cc1cccc(S(=O)(=O)N2CCCC2CNC(=O)NC2CCCCCCC2)c1. The van der Waals surface area contributed by atoms with Gasteiger partial charge in [0.25, 0.3) is 0 Å². The number of nitrogens with zero attached hydrogens (tertiary/aromatic N) is 1. The summed E-state index contributed by atoms with van der Waals surface area (Å²) in [4.78, 5) is 12.7. The highest BCUT2D eigenvalue weighted by molar-refractivity contribution is 7.89. The normalized spacial score (nSPS) is 20.9. The lowest BCUT2D eigenvalue weighted by molar-refractivity contribution is 0.231. The molecule has 1 aliphatic carbocycles. The van der Waals surface area contributed by atoms with Crippen LogP contribution >= 0.6 is 0 Å². The first-order valence-corrected chi connectivity index (χ1v) is 12.0. The highest BCUT2D eigenvalue weighted by Gasteiger charge is 2.35. The second-order valence-electron chi connectivity index (χ2n) is 8.12. The van der Waals surface area contributed by atoms with Crippen LogP contribution in [0.5, 0.6) is 0 Å². The van der Waals surface area contributed by atoms with Gasteiger partial charge in [-0.3, -0.25) is 0 Å². The zero-order valence-corrected chi connectivity index (χ0v) is 17.6. The molecule has 1 saturated carbocycles. The molecule has 30 heavy (non-hydrogen) atoms. The molecular weight excluding hydrogens is 398 g/mol. The lowest BCUT2D eigenvalue weighted by atomic mass is 9.97. The molecule has 0 bridgehead atoms. The number of rotatable bonds is 5. The van der Waals surface area contributed by atoms with Gasteiger partial charge in [0, 0.05) is 25.2 Å². The fraction of sp³-hybridized carbons (Fsp3) is 0.696. The summed E-state index contributed by atoms with van der Waals surface area (Å²) in [7, 11) is -3.53. The average molecular weight is 440 g/mol. The molecule has 0 radical (unpaired) electrons. The molecule has 1 unspecified atom stereocenters. The van der Waals surface area contributed by atoms with Crippen molar-refractivity contribution in [3.8, 4) is 0 Å². The van der Waals surface area contributed by atoms with E-state index in [2.05, 4.69) is 10.6 Å². The van der Waals surface area contributed by atoms with Crippen LogP contribution in [0.25, 0.3) is 0 Å². The summed E-state index contributed by atoms with van der Waals surface area (Å²) in [6, 6.07) is 6.89. The standard InChI is InChI=1S/C21H33N3O3S.2CH4/c1-17-9-7-13-20(15-17)28(26,27)24-14-8-12-19(24)16-22-21(25)23-18-10-5-3-2-4-6-11-18;;/h7,9,13,15,18-19H,2-6,8,10-12,14,16H2,1H3,(H2,22,23,25);2*1H4. The summed E-state index contributed by atoms with van der Waals surface area (Å²) in [5, 5.41) is 6.00. The number of sulfonamides is 1. The van der Waals surface area contributed by atoms with Crippen LogP contribution in [0, 0.1) is 6.92 Å². The Morgan fingerprint density at radius 1 is 1.03 bits per heavy atom. The second-order valence-corrected chi connectivity index (χ2v) is 10.0. The maximum absolute atomic E-state index is 13.0. The van der Waals surface area contributed by atoms with E-state index >= 15 is 0 Å². The summed E-state index contributed by atoms with van der Waals surface area (Å²) in [6.45, 7) is 2.75. The Morgan fingerprint density at radius 2 is 1.70 bits per heavy atom. The van der Waals surface area contributed by atoms with Gasteiger partial charge < -0.3 is 10.6 Å². The van der Waals surface area contributed by atoms with Crippen molar-refractivity contribution in [3.05, 3.63) is 29.8 Å². The van der Waals surface area contributed by atoms with Gasteiger partial charge in [0.05, 0.1) is 4.90 Å². The number of hydrogen-bond acceptors (Lipinski definition) is 3. The molecule has 1 aromatic carbocycles. The van der Waals surface area contributed by atoms with Crippen LogP contribution in [0.3, 0.4) is 0 Å². The van der Waals surface area contributed by atoms with E-state index in [9.17, 15) is 13.2 Å². The zero-order chi connectivity index (χ0) is 20.0. The van der Waals surface area contributed by atoms with E-state index in [1.165, 1.54) is 19.3 Å². The third-order valence-electron chi connectivity index (χ3n) is 5.86. The molecule has 2 N–H and O–H groups in total. The summed E-state index contributed by atoms with van der Waals surface area (Å²) >= 11 is 0. The van der Waals surface area contributed by atoms with Crippen LogP contribution in [-0.2, 0) is 10.0 Å². The number of carbonyl (C=O) groups is 1. The number of urea groups is 1. The molecular formula is C23H41N3O3S. The number of amides is 2. The van der Waals surface area contributed by atoms with E-state index in [4.69, 9.17) is 0 Å². The highest BCUT2D eigenvalue weighted by Crippen LogP contribution is 2.26. The van der Waals surface area contributed by atoms with E-state index in [1.807, 2.05) is 13.0 Å². The minimum Gasteiger partial charge on any atom is -0.337 e. The van der Waals surface area contributed by atoms with Crippen molar-refractivity contribution in [1.29, 1.82) is 0 Å². The van der Waals surface area contributed by atoms with E-state index in [0.717, 1.165) is 44.1 Å². The van der Waals surface area contributed by atoms with E-state index < -0.39 is 10.0 Å². The minimum atomic E-state index is -3.53. The molecule has 1 atom stereocenters. The fourth-order valence-corrected chi connectivity index (χ4v) is 6.09. The van der Waals surface area contributed by atoms with Gasteiger partial charge in [-0.15, -0.1) is 0 Å². The van der Waals surface area contributed by atoms with Gasteiger partial charge in [-0.05, 0) is 50.3 Å². The van der Waals surface area contributed by atoms with Crippen molar-refractivity contribution in [3.63, 3.8) is 0 Å². The van der Waals surface area contributed by atoms with E-state index in [-0.39, 0.29) is 33.0 Å². The van der Waals surface area contributed by atoms with Crippen molar-refractivity contribution < 1.29 is 13.2 Å². The maximum Gasteiger partial charge on any atom is 0.315 e. The van der Waals surface area contributed by atoms with Gasteiger partial charge in [-0.1, -0.05) is 59.1 Å². The van der Waals surface area contributed by atoms with Crippen LogP contribution in [-0.4, -0.2) is 43.9 Å². The van der Waals surface area contributed by atoms with Crippen LogP contribution in [0.4, 0.5) is 4.79 Å². The van der Waals surface area contributed by atoms with Crippen LogP contribution in [0.2, 0.25) is 0 Å². The summed E-state index contributed by atoms with van der Waals surface area (Å²) in [5.74, 6) is 0. The van der Waals surface area contributed by atoms with E-state index in [0.29, 0.717) is 18.0 Å². The molecule has 2 aliphatic rings. The average Bonchev–Trinajstić information content (AvgIpc) is 3.12. The maximum atomic E-state index is 13.0. The van der Waals surface area contributed by atoms with Crippen molar-refractivity contribution in [2.24, 2.45) is 0 Å². The largest absolute Gasteiger partial charge is 0.337 e. The molecule has 1 aromatic rings. The monoisotopic (exact) mass is 439 g/mol. The van der Waals surface area contributed by atoms with Crippen LogP contribution < -0.4 is 10.6 Å². The van der Waals surface area contributed by atoms with Gasteiger partial charge in [0.15, 0.2) is 0 Å². The minimum absolute atomic E-state index is 0. The first-order chi connectivity index (χ1) is 13.5. The van der Waals surface area contributed by atoms with Gasteiger partial charge in [0.2, 0.25) is 10.0 Å². The Kier molecular flexibility index (Phi) is 10.8. The Balaban J connectivity index is 0.00000225. The summed E-state index contributed by atoms with van der Waals surface area (Å²) in [5.41, 5.74) is 0.925. The predicted octanol–water partition coefficient (Wildman–Crippen LogP) is 4.83. The van der Waals surface area contributed by atoms with Crippen molar-refractivity contribution in [2.75, 3.05) is 13.1 Å². The molecule has 1 heterocycles. The quantitative estimate of drug-likeness (QED) is 0.689. The summed E-state index contributed by atoms with van der Waals surface area (Å²) < 4.78 is 27.6. The van der Waals surface area contributed by atoms with Gasteiger partial charge in [-0.2, -0.15) is 4.31 Å². The second kappa shape index (κ2) is 12.3. The predicted molar refractivity (Wildman–Crippen MR) is 124 cm³/mol. The lowest BCUT2D eigenvalue weighted by Gasteiger charge is -2.25. The third-order valence-corrected chi connectivity index (χ3v) is 7.81. The van der Waals surface area contributed by atoms with Gasteiger partial charge >= 0.3 is 6.03 Å². The molecule has 3 rings (SSSR count). The number of nitrogens with one attached hydrogen (secondary N) is 2. The zero-order valence-electron chi connectivity index (χ0n) is 16.8. The topological polar surface area (TPSA) is 78.5 Å². The molecule has 0 aromatic heterocycles. The van der Waals surface area contributed by atoms with E-state index in [1.54, 1.807) is 22.5 Å². The Labute approximate surface area is 183 Å². The molecule has 0 spiro atoms. The molecule has 2 fully saturated rings. The van der Waals surface area contributed by atoms with Gasteiger partial charge in [0.1, 0.15) is 0 Å². The van der Waals surface area contributed by atoms with Gasteiger partial charge in [-0.25, -0.2) is 13.2 Å². The van der Waals surface area contributed by atoms with Crippen molar-refractivity contribution >= 4 is 16.1 Å². The Bertz CT molecular complexity index is 759. The van der Waals surface area contributed by atoms with Crippen LogP contribution in [0.1, 0.15) is 78.2 Å². The molecule has 2 amide bonds. The highest BCUT2D eigenvalue weighted by atomic mass is 32.2. The molecule has 6 nitrogen and oxygen atoms in total. The Morgan fingerprint density at radius 3 is 2.37 bits per heavy atom. The molecule has 172 valence electrons. The summed E-state index contributed by atoms with van der Waals surface area (Å²) in [6.07, 6.45) is 9.77.